The van der Waals surface area contributed by atoms with Gasteiger partial charge in [0.25, 0.3) is 0 Å². The van der Waals surface area contributed by atoms with Gasteiger partial charge in [0, 0.05) is 24.1 Å². The molecule has 0 atom stereocenters. The number of carbonyl (C=O) groups excluding carboxylic acids is 3. The second-order valence-electron chi connectivity index (χ2n) is 5.64. The van der Waals surface area contributed by atoms with Crippen LogP contribution in [0.5, 0.6) is 0 Å². The lowest BCUT2D eigenvalue weighted by Gasteiger charge is -2.17. The topological polar surface area (TPSA) is 72.5 Å². The molecule has 0 unspecified atom stereocenters. The molecule has 2 heterocycles. The zero-order valence-electron chi connectivity index (χ0n) is 13.0. The van der Waals surface area contributed by atoms with Crippen molar-refractivity contribution >= 4 is 34.7 Å². The summed E-state index contributed by atoms with van der Waals surface area (Å²) in [6.45, 7) is -0.256. The van der Waals surface area contributed by atoms with Crippen LogP contribution in [0.25, 0.3) is 0 Å². The Bertz CT molecular complexity index is 767. The monoisotopic (exact) mass is 343 g/mol. The van der Waals surface area contributed by atoms with Gasteiger partial charge in [0.15, 0.2) is 12.4 Å². The van der Waals surface area contributed by atoms with Crippen LogP contribution >= 0.6 is 11.3 Å². The van der Waals surface area contributed by atoms with Gasteiger partial charge < -0.3 is 10.1 Å². The van der Waals surface area contributed by atoms with E-state index >= 15 is 0 Å². The maximum atomic E-state index is 12.2. The molecule has 0 spiro atoms. The van der Waals surface area contributed by atoms with E-state index in [4.69, 9.17) is 4.74 Å². The number of thiophene rings is 1. The molecule has 24 heavy (non-hydrogen) atoms. The van der Waals surface area contributed by atoms with E-state index in [0.717, 1.165) is 16.8 Å². The number of ether oxygens (including phenoxy) is 1. The third kappa shape index (κ3) is 4.08. The standard InChI is InChI=1S/C18H17NO4S/c20-16(10-23-18(22)6-1-12-7-8-24-11-12)14-2-4-15-13(9-14)3-5-17(21)19-15/h2,4,7-9,11H,1,3,5-6,10H2,(H,19,21). The number of benzene rings is 1. The predicted octanol–water partition coefficient (Wildman–Crippen LogP) is 2.99. The van der Waals surface area contributed by atoms with Crippen LogP contribution in [0.15, 0.2) is 35.0 Å². The Morgan fingerprint density at radius 3 is 2.88 bits per heavy atom. The summed E-state index contributed by atoms with van der Waals surface area (Å²) in [4.78, 5) is 35.2. The first-order valence-corrected chi connectivity index (χ1v) is 8.69. The van der Waals surface area contributed by atoms with Crippen LogP contribution < -0.4 is 5.32 Å². The molecule has 1 aromatic heterocycles. The first-order chi connectivity index (χ1) is 11.6. The van der Waals surface area contributed by atoms with Crippen molar-refractivity contribution in [2.45, 2.75) is 25.7 Å². The zero-order valence-corrected chi connectivity index (χ0v) is 13.9. The number of amides is 1. The highest BCUT2D eigenvalue weighted by atomic mass is 32.1. The molecule has 0 bridgehead atoms. The number of hydrogen-bond donors (Lipinski definition) is 1. The van der Waals surface area contributed by atoms with Gasteiger partial charge in [-0.15, -0.1) is 0 Å². The highest BCUT2D eigenvalue weighted by Crippen LogP contribution is 2.23. The normalized spacial score (nSPS) is 13.1. The Labute approximate surface area is 143 Å². The van der Waals surface area contributed by atoms with Gasteiger partial charge in [-0.2, -0.15) is 11.3 Å². The number of esters is 1. The molecule has 0 aliphatic carbocycles. The van der Waals surface area contributed by atoms with Crippen LogP contribution in [-0.4, -0.2) is 24.3 Å². The Morgan fingerprint density at radius 1 is 1.21 bits per heavy atom. The smallest absolute Gasteiger partial charge is 0.306 e. The van der Waals surface area contributed by atoms with Gasteiger partial charge >= 0.3 is 5.97 Å². The van der Waals surface area contributed by atoms with Gasteiger partial charge in [-0.1, -0.05) is 0 Å². The highest BCUT2D eigenvalue weighted by molar-refractivity contribution is 7.07. The number of anilines is 1. The number of nitrogens with one attached hydrogen (secondary N) is 1. The summed E-state index contributed by atoms with van der Waals surface area (Å²) in [6, 6.07) is 7.09. The molecule has 1 aliphatic rings. The van der Waals surface area contributed by atoms with Gasteiger partial charge in [-0.25, -0.2) is 0 Å². The fraction of sp³-hybridized carbons (Fsp3) is 0.278. The number of fused-ring (bicyclic) bond motifs is 1. The minimum Gasteiger partial charge on any atom is -0.457 e. The summed E-state index contributed by atoms with van der Waals surface area (Å²) in [5, 5.41) is 6.72. The van der Waals surface area contributed by atoms with Crippen LogP contribution in [-0.2, 0) is 27.2 Å². The molecular formula is C18H17NO4S. The average molecular weight is 343 g/mol. The van der Waals surface area contributed by atoms with Crippen molar-refractivity contribution in [3.8, 4) is 0 Å². The Kier molecular flexibility index (Phi) is 5.05. The van der Waals surface area contributed by atoms with E-state index in [9.17, 15) is 14.4 Å². The SMILES string of the molecule is O=C1CCc2cc(C(=O)COC(=O)CCc3ccsc3)ccc2N1. The van der Waals surface area contributed by atoms with Crippen LogP contribution in [0.1, 0.15) is 34.3 Å². The van der Waals surface area contributed by atoms with E-state index in [1.54, 1.807) is 29.5 Å². The molecule has 5 nitrogen and oxygen atoms in total. The van der Waals surface area contributed by atoms with Crippen LogP contribution in [0, 0.1) is 0 Å². The fourth-order valence-electron chi connectivity index (χ4n) is 2.54. The molecule has 1 N–H and O–H groups in total. The summed E-state index contributed by atoms with van der Waals surface area (Å²) in [7, 11) is 0. The number of ketones is 1. The summed E-state index contributed by atoms with van der Waals surface area (Å²) >= 11 is 1.59. The summed E-state index contributed by atoms with van der Waals surface area (Å²) in [5.74, 6) is -0.625. The minimum atomic E-state index is -0.375. The summed E-state index contributed by atoms with van der Waals surface area (Å²) in [6.07, 6.45) is 1.92. The van der Waals surface area contributed by atoms with Crippen molar-refractivity contribution in [1.82, 2.24) is 0 Å². The highest BCUT2D eigenvalue weighted by Gasteiger charge is 2.17. The molecule has 0 saturated carbocycles. The summed E-state index contributed by atoms with van der Waals surface area (Å²) < 4.78 is 5.06. The van der Waals surface area contributed by atoms with E-state index in [2.05, 4.69) is 5.32 Å². The van der Waals surface area contributed by atoms with Crippen LogP contribution in [0.3, 0.4) is 0 Å². The molecular weight excluding hydrogens is 326 g/mol. The Morgan fingerprint density at radius 2 is 2.08 bits per heavy atom. The number of carbonyl (C=O) groups is 3. The molecule has 1 aliphatic heterocycles. The molecule has 1 amide bonds. The van der Waals surface area contributed by atoms with Gasteiger partial charge in [-0.05, 0) is 59.0 Å². The van der Waals surface area contributed by atoms with E-state index in [0.29, 0.717) is 24.8 Å². The average Bonchev–Trinajstić information content (AvgIpc) is 3.11. The number of hydrogen-bond acceptors (Lipinski definition) is 5. The molecule has 0 saturated heterocycles. The van der Waals surface area contributed by atoms with Crippen molar-refractivity contribution in [3.63, 3.8) is 0 Å². The molecule has 124 valence electrons. The first kappa shape index (κ1) is 16.4. The first-order valence-electron chi connectivity index (χ1n) is 7.74. The predicted molar refractivity (Wildman–Crippen MR) is 91.3 cm³/mol. The Hall–Kier alpha value is -2.47. The van der Waals surface area contributed by atoms with Crippen molar-refractivity contribution in [1.29, 1.82) is 0 Å². The molecule has 2 aromatic rings. The van der Waals surface area contributed by atoms with E-state index in [1.807, 2.05) is 16.8 Å². The zero-order chi connectivity index (χ0) is 16.9. The maximum Gasteiger partial charge on any atom is 0.306 e. The lowest BCUT2D eigenvalue weighted by Crippen LogP contribution is -2.20. The maximum absolute atomic E-state index is 12.2. The quantitative estimate of drug-likeness (QED) is 0.646. The van der Waals surface area contributed by atoms with Gasteiger partial charge in [0.05, 0.1) is 0 Å². The fourth-order valence-corrected chi connectivity index (χ4v) is 3.24. The second kappa shape index (κ2) is 7.40. The number of Topliss-reactive ketones (excluding diaryl/α,β-unsaturated/α-hetero) is 1. The van der Waals surface area contributed by atoms with E-state index in [-0.39, 0.29) is 30.7 Å². The summed E-state index contributed by atoms with van der Waals surface area (Å²) in [5.41, 5.74) is 3.27. The molecule has 1 aromatic carbocycles. The molecule has 0 radical (unpaired) electrons. The molecule has 0 fully saturated rings. The second-order valence-corrected chi connectivity index (χ2v) is 6.42. The third-order valence-corrected chi connectivity index (χ3v) is 4.62. The minimum absolute atomic E-state index is 0.0128. The van der Waals surface area contributed by atoms with Crippen molar-refractivity contribution < 1.29 is 19.1 Å². The van der Waals surface area contributed by atoms with Gasteiger partial charge in [-0.3, -0.25) is 14.4 Å². The van der Waals surface area contributed by atoms with Crippen LogP contribution in [0.2, 0.25) is 0 Å². The largest absolute Gasteiger partial charge is 0.457 e. The molecule has 6 heteroatoms. The number of aryl methyl sites for hydroxylation is 2. The van der Waals surface area contributed by atoms with Gasteiger partial charge in [0.2, 0.25) is 5.91 Å². The lowest BCUT2D eigenvalue weighted by molar-refractivity contribution is -0.142. The van der Waals surface area contributed by atoms with E-state index in [1.165, 1.54) is 0 Å². The molecule has 3 rings (SSSR count). The van der Waals surface area contributed by atoms with E-state index < -0.39 is 0 Å². The number of rotatable bonds is 6. The van der Waals surface area contributed by atoms with Crippen molar-refractivity contribution in [2.75, 3.05) is 11.9 Å². The Balaban J connectivity index is 1.51. The van der Waals surface area contributed by atoms with Crippen molar-refractivity contribution in [2.24, 2.45) is 0 Å². The van der Waals surface area contributed by atoms with Gasteiger partial charge in [0.1, 0.15) is 0 Å². The third-order valence-electron chi connectivity index (χ3n) is 3.88. The lowest BCUT2D eigenvalue weighted by atomic mass is 9.99. The van der Waals surface area contributed by atoms with Crippen molar-refractivity contribution in [3.05, 3.63) is 51.7 Å². The van der Waals surface area contributed by atoms with Crippen LogP contribution in [0.4, 0.5) is 5.69 Å².